The van der Waals surface area contributed by atoms with Gasteiger partial charge in [0.25, 0.3) is 10.0 Å². The molecular formula is C14H25N3O3S. The van der Waals surface area contributed by atoms with Gasteiger partial charge < -0.3 is 9.73 Å². The summed E-state index contributed by atoms with van der Waals surface area (Å²) in [7, 11) is -1.53. The highest BCUT2D eigenvalue weighted by Gasteiger charge is 2.30. The first-order chi connectivity index (χ1) is 9.94. The second-order valence-corrected chi connectivity index (χ2v) is 7.30. The van der Waals surface area contributed by atoms with Crippen LogP contribution in [-0.4, -0.2) is 45.5 Å². The van der Waals surface area contributed by atoms with E-state index < -0.39 is 10.0 Å². The minimum absolute atomic E-state index is 0.0170. The Labute approximate surface area is 126 Å². The van der Waals surface area contributed by atoms with Crippen LogP contribution in [0.1, 0.15) is 32.4 Å². The highest BCUT2D eigenvalue weighted by molar-refractivity contribution is 7.89. The van der Waals surface area contributed by atoms with E-state index >= 15 is 0 Å². The quantitative estimate of drug-likeness (QED) is 0.715. The predicted octanol–water partition coefficient (Wildman–Crippen LogP) is 1.15. The molecule has 1 aromatic heterocycles. The van der Waals surface area contributed by atoms with Crippen molar-refractivity contribution in [1.29, 1.82) is 0 Å². The molecule has 1 fully saturated rings. The van der Waals surface area contributed by atoms with E-state index in [0.29, 0.717) is 24.9 Å². The molecule has 0 spiro atoms. The Kier molecular flexibility index (Phi) is 5.43. The van der Waals surface area contributed by atoms with E-state index in [0.717, 1.165) is 6.54 Å². The standard InChI is InChI=1S/C14H25N3O3S/c1-4-15-10-13-7-8-14(20-13)21(18,19)16-9-11(2)17(3)12-5-6-12/h7-8,11-12,15-16H,4-6,9-10H2,1-3H3. The monoisotopic (exact) mass is 315 g/mol. The Morgan fingerprint density at radius 1 is 1.43 bits per heavy atom. The number of furan rings is 1. The van der Waals surface area contributed by atoms with Crippen molar-refractivity contribution in [3.8, 4) is 0 Å². The number of likely N-dealkylation sites (N-methyl/N-ethyl adjacent to an activating group) is 1. The van der Waals surface area contributed by atoms with Crippen LogP contribution in [-0.2, 0) is 16.6 Å². The van der Waals surface area contributed by atoms with E-state index in [1.165, 1.54) is 18.9 Å². The highest BCUT2D eigenvalue weighted by atomic mass is 32.2. The van der Waals surface area contributed by atoms with Crippen LogP contribution >= 0.6 is 0 Å². The predicted molar refractivity (Wildman–Crippen MR) is 81.5 cm³/mol. The summed E-state index contributed by atoms with van der Waals surface area (Å²) in [6.45, 7) is 5.75. The number of nitrogens with zero attached hydrogens (tertiary/aromatic N) is 1. The summed E-state index contributed by atoms with van der Waals surface area (Å²) in [5.41, 5.74) is 0. The molecule has 0 aliphatic heterocycles. The highest BCUT2D eigenvalue weighted by Crippen LogP contribution is 2.26. The molecule has 6 nitrogen and oxygen atoms in total. The van der Waals surface area contributed by atoms with Gasteiger partial charge in [0.2, 0.25) is 5.09 Å². The van der Waals surface area contributed by atoms with E-state index in [-0.39, 0.29) is 11.1 Å². The summed E-state index contributed by atoms with van der Waals surface area (Å²) in [6.07, 6.45) is 2.42. The van der Waals surface area contributed by atoms with E-state index in [9.17, 15) is 8.42 Å². The topological polar surface area (TPSA) is 74.6 Å². The van der Waals surface area contributed by atoms with Gasteiger partial charge in [0, 0.05) is 18.6 Å². The third kappa shape index (κ3) is 4.54. The number of hydrogen-bond acceptors (Lipinski definition) is 5. The molecule has 1 saturated carbocycles. The molecule has 1 aromatic rings. The smallest absolute Gasteiger partial charge is 0.274 e. The number of sulfonamides is 1. The van der Waals surface area contributed by atoms with Gasteiger partial charge in [-0.05, 0) is 45.5 Å². The fraction of sp³-hybridized carbons (Fsp3) is 0.714. The van der Waals surface area contributed by atoms with Crippen molar-refractivity contribution >= 4 is 10.0 Å². The van der Waals surface area contributed by atoms with Gasteiger partial charge in [0.15, 0.2) is 0 Å². The number of rotatable bonds is 9. The van der Waals surface area contributed by atoms with Crippen LogP contribution in [0.4, 0.5) is 0 Å². The zero-order valence-electron chi connectivity index (χ0n) is 12.9. The lowest BCUT2D eigenvalue weighted by Crippen LogP contribution is -2.41. The van der Waals surface area contributed by atoms with Crippen LogP contribution in [0.15, 0.2) is 21.6 Å². The summed E-state index contributed by atoms with van der Waals surface area (Å²) >= 11 is 0. The van der Waals surface area contributed by atoms with Crippen molar-refractivity contribution in [1.82, 2.24) is 14.9 Å². The molecule has 0 amide bonds. The molecule has 120 valence electrons. The van der Waals surface area contributed by atoms with E-state index in [2.05, 4.69) is 14.9 Å². The Morgan fingerprint density at radius 2 is 2.14 bits per heavy atom. The molecule has 1 aliphatic carbocycles. The molecule has 21 heavy (non-hydrogen) atoms. The maximum atomic E-state index is 12.2. The van der Waals surface area contributed by atoms with Crippen molar-refractivity contribution in [3.05, 3.63) is 17.9 Å². The zero-order valence-corrected chi connectivity index (χ0v) is 13.7. The second kappa shape index (κ2) is 6.91. The summed E-state index contributed by atoms with van der Waals surface area (Å²) in [6, 6.07) is 3.98. The van der Waals surface area contributed by atoms with Crippen LogP contribution in [0.5, 0.6) is 0 Å². The molecule has 1 unspecified atom stereocenters. The van der Waals surface area contributed by atoms with Crippen LogP contribution in [0.3, 0.4) is 0 Å². The fourth-order valence-corrected chi connectivity index (χ4v) is 3.20. The van der Waals surface area contributed by atoms with Crippen molar-refractivity contribution in [2.45, 2.75) is 50.4 Å². The maximum absolute atomic E-state index is 12.2. The molecule has 1 heterocycles. The molecule has 7 heteroatoms. The van der Waals surface area contributed by atoms with Crippen molar-refractivity contribution in [3.63, 3.8) is 0 Å². The summed E-state index contributed by atoms with van der Waals surface area (Å²) in [4.78, 5) is 2.22. The molecule has 0 radical (unpaired) electrons. The summed E-state index contributed by atoms with van der Waals surface area (Å²) in [5, 5.41) is 3.08. The zero-order chi connectivity index (χ0) is 15.5. The van der Waals surface area contributed by atoms with E-state index in [1.54, 1.807) is 6.07 Å². The van der Waals surface area contributed by atoms with E-state index in [1.807, 2.05) is 20.9 Å². The molecule has 2 rings (SSSR count). The molecule has 1 aliphatic rings. The fourth-order valence-electron chi connectivity index (χ4n) is 2.13. The van der Waals surface area contributed by atoms with Gasteiger partial charge in [0.1, 0.15) is 5.76 Å². The molecule has 1 atom stereocenters. The molecule has 0 saturated heterocycles. The molecule has 0 bridgehead atoms. The summed E-state index contributed by atoms with van der Waals surface area (Å²) < 4.78 is 32.4. The SMILES string of the molecule is CCNCc1ccc(S(=O)(=O)NCC(C)N(C)C2CC2)o1. The van der Waals surface area contributed by atoms with Gasteiger partial charge >= 0.3 is 0 Å². The normalized spacial score (nSPS) is 17.3. The van der Waals surface area contributed by atoms with Crippen LogP contribution < -0.4 is 10.0 Å². The van der Waals surface area contributed by atoms with Gasteiger partial charge in [0.05, 0.1) is 6.54 Å². The Bertz CT molecular complexity index is 552. The van der Waals surface area contributed by atoms with Gasteiger partial charge in [-0.2, -0.15) is 0 Å². The Balaban J connectivity index is 1.89. The van der Waals surface area contributed by atoms with Crippen molar-refractivity contribution < 1.29 is 12.8 Å². The molecule has 2 N–H and O–H groups in total. The van der Waals surface area contributed by atoms with Crippen molar-refractivity contribution in [2.24, 2.45) is 0 Å². The third-order valence-electron chi connectivity index (χ3n) is 3.84. The van der Waals surface area contributed by atoms with Crippen LogP contribution in [0.2, 0.25) is 0 Å². The van der Waals surface area contributed by atoms with Crippen LogP contribution in [0, 0.1) is 0 Å². The number of nitrogens with one attached hydrogen (secondary N) is 2. The maximum Gasteiger partial charge on any atom is 0.274 e. The van der Waals surface area contributed by atoms with Gasteiger partial charge in [-0.15, -0.1) is 0 Å². The van der Waals surface area contributed by atoms with Gasteiger partial charge in [-0.3, -0.25) is 4.90 Å². The summed E-state index contributed by atoms with van der Waals surface area (Å²) in [5.74, 6) is 0.625. The minimum atomic E-state index is -3.57. The van der Waals surface area contributed by atoms with Crippen molar-refractivity contribution in [2.75, 3.05) is 20.1 Å². The third-order valence-corrected chi connectivity index (χ3v) is 5.13. The first kappa shape index (κ1) is 16.5. The van der Waals surface area contributed by atoms with Crippen LogP contribution in [0.25, 0.3) is 0 Å². The minimum Gasteiger partial charge on any atom is -0.447 e. The number of hydrogen-bond donors (Lipinski definition) is 2. The first-order valence-electron chi connectivity index (χ1n) is 7.45. The average molecular weight is 315 g/mol. The first-order valence-corrected chi connectivity index (χ1v) is 8.93. The van der Waals surface area contributed by atoms with E-state index in [4.69, 9.17) is 4.42 Å². The average Bonchev–Trinajstić information content (AvgIpc) is 3.19. The van der Waals surface area contributed by atoms with Gasteiger partial charge in [-0.1, -0.05) is 6.92 Å². The lowest BCUT2D eigenvalue weighted by molar-refractivity contribution is 0.248. The lowest BCUT2D eigenvalue weighted by atomic mass is 10.3. The Hall–Kier alpha value is -0.890. The molecule has 0 aromatic carbocycles. The van der Waals surface area contributed by atoms with Gasteiger partial charge in [-0.25, -0.2) is 13.1 Å². The Morgan fingerprint density at radius 3 is 2.76 bits per heavy atom. The lowest BCUT2D eigenvalue weighted by Gasteiger charge is -2.24. The second-order valence-electron chi connectivity index (χ2n) is 5.60. The largest absolute Gasteiger partial charge is 0.447 e. The molecular weight excluding hydrogens is 290 g/mol.